The molecule has 1 heterocycles. The van der Waals surface area contributed by atoms with Crippen LogP contribution in [-0.4, -0.2) is 39.6 Å². The smallest absolute Gasteiger partial charge is 0.275 e. The molecule has 88 valence electrons. The van der Waals surface area contributed by atoms with Gasteiger partial charge in [-0.05, 0) is 41.4 Å². The summed E-state index contributed by atoms with van der Waals surface area (Å²) in [6.07, 6.45) is 0. The molecule has 1 aromatic carbocycles. The van der Waals surface area contributed by atoms with E-state index in [1.807, 2.05) is 0 Å². The van der Waals surface area contributed by atoms with Gasteiger partial charge in [0.1, 0.15) is 5.75 Å². The van der Waals surface area contributed by atoms with Crippen molar-refractivity contribution in [3.8, 4) is 16.2 Å². The fraction of sp³-hybridized carbons (Fsp3) is 0.182. The van der Waals surface area contributed by atoms with Gasteiger partial charge in [-0.3, -0.25) is 4.79 Å². The van der Waals surface area contributed by atoms with Gasteiger partial charge in [-0.25, -0.2) is 0 Å². The number of rotatable bonds is 2. The molecule has 1 N–H and O–H groups in total. The molecule has 2 rings (SSSR count). The van der Waals surface area contributed by atoms with Crippen molar-refractivity contribution >= 4 is 17.4 Å². The van der Waals surface area contributed by atoms with Gasteiger partial charge in [0, 0.05) is 14.1 Å². The number of aromatic nitrogens is 2. The molecule has 0 aliphatic carbocycles. The van der Waals surface area contributed by atoms with Gasteiger partial charge in [-0.2, -0.15) is 0 Å². The maximum absolute atomic E-state index is 11.8. The molecule has 0 fully saturated rings. The predicted octanol–water partition coefficient (Wildman–Crippen LogP) is 1.61. The standard InChI is InChI=1S/C11H11N3O2S/c1-14(2)11(16)9-10(17-13-12-9)7-3-5-8(15)6-4-7/h3-6,15H,1-2H3. The van der Waals surface area contributed by atoms with Gasteiger partial charge in [0.05, 0.1) is 4.88 Å². The zero-order valence-electron chi connectivity index (χ0n) is 9.41. The van der Waals surface area contributed by atoms with Crippen molar-refractivity contribution in [3.63, 3.8) is 0 Å². The minimum atomic E-state index is -0.179. The molecule has 1 amide bonds. The first-order chi connectivity index (χ1) is 8.09. The lowest BCUT2D eigenvalue weighted by atomic mass is 10.1. The van der Waals surface area contributed by atoms with E-state index >= 15 is 0 Å². The Bertz CT molecular complexity index is 534. The molecule has 0 bridgehead atoms. The van der Waals surface area contributed by atoms with Gasteiger partial charge >= 0.3 is 0 Å². The van der Waals surface area contributed by atoms with Crippen LogP contribution in [0.1, 0.15) is 10.5 Å². The highest BCUT2D eigenvalue weighted by Crippen LogP contribution is 2.27. The normalized spacial score (nSPS) is 10.2. The van der Waals surface area contributed by atoms with Crippen LogP contribution >= 0.6 is 11.5 Å². The maximum atomic E-state index is 11.8. The summed E-state index contributed by atoms with van der Waals surface area (Å²) in [4.78, 5) is 14.0. The Morgan fingerprint density at radius 2 is 1.94 bits per heavy atom. The third kappa shape index (κ3) is 2.26. The van der Waals surface area contributed by atoms with Crippen molar-refractivity contribution in [2.75, 3.05) is 14.1 Å². The first-order valence-electron chi connectivity index (χ1n) is 4.93. The van der Waals surface area contributed by atoms with E-state index in [1.165, 1.54) is 4.90 Å². The second-order valence-corrected chi connectivity index (χ2v) is 4.45. The van der Waals surface area contributed by atoms with Gasteiger partial charge in [-0.15, -0.1) is 5.10 Å². The average Bonchev–Trinajstić information content (AvgIpc) is 2.77. The van der Waals surface area contributed by atoms with E-state index in [0.717, 1.165) is 17.1 Å². The molecule has 5 nitrogen and oxygen atoms in total. The van der Waals surface area contributed by atoms with E-state index in [0.29, 0.717) is 10.6 Å². The van der Waals surface area contributed by atoms with E-state index in [9.17, 15) is 9.90 Å². The lowest BCUT2D eigenvalue weighted by molar-refractivity contribution is 0.0822. The Kier molecular flexibility index (Phi) is 3.06. The SMILES string of the molecule is CN(C)C(=O)c1nnsc1-c1ccc(O)cc1. The Balaban J connectivity index is 2.43. The number of carbonyl (C=O) groups is 1. The van der Waals surface area contributed by atoms with Crippen LogP contribution in [0.5, 0.6) is 5.75 Å². The van der Waals surface area contributed by atoms with Crippen LogP contribution in [0.2, 0.25) is 0 Å². The molecule has 0 aliphatic heterocycles. The Morgan fingerprint density at radius 3 is 2.53 bits per heavy atom. The molecular formula is C11H11N3O2S. The van der Waals surface area contributed by atoms with Gasteiger partial charge in [0.25, 0.3) is 5.91 Å². The summed E-state index contributed by atoms with van der Waals surface area (Å²) in [5.74, 6) is 0.00790. The van der Waals surface area contributed by atoms with Gasteiger partial charge in [0.2, 0.25) is 0 Å². The second-order valence-electron chi connectivity index (χ2n) is 3.70. The number of phenolic OH excluding ortho intramolecular Hbond substituents is 1. The summed E-state index contributed by atoms with van der Waals surface area (Å²) in [5, 5.41) is 13.1. The number of phenols is 1. The van der Waals surface area contributed by atoms with Gasteiger partial charge < -0.3 is 10.0 Å². The summed E-state index contributed by atoms with van der Waals surface area (Å²) in [5.41, 5.74) is 1.16. The highest BCUT2D eigenvalue weighted by atomic mass is 32.1. The topological polar surface area (TPSA) is 66.3 Å². The Hall–Kier alpha value is -1.95. The summed E-state index contributed by atoms with van der Waals surface area (Å²) in [6.45, 7) is 0. The number of carbonyl (C=O) groups excluding carboxylic acids is 1. The van der Waals surface area contributed by atoms with Crippen LogP contribution in [0.25, 0.3) is 10.4 Å². The number of amides is 1. The molecule has 0 unspecified atom stereocenters. The predicted molar refractivity (Wildman–Crippen MR) is 65.0 cm³/mol. The number of nitrogens with zero attached hydrogens (tertiary/aromatic N) is 3. The quantitative estimate of drug-likeness (QED) is 0.878. The molecular weight excluding hydrogens is 238 g/mol. The highest BCUT2D eigenvalue weighted by molar-refractivity contribution is 7.09. The number of aromatic hydroxyl groups is 1. The van der Waals surface area contributed by atoms with Crippen LogP contribution in [0.4, 0.5) is 0 Å². The van der Waals surface area contributed by atoms with E-state index in [-0.39, 0.29) is 11.7 Å². The third-order valence-electron chi connectivity index (χ3n) is 2.23. The van der Waals surface area contributed by atoms with E-state index in [4.69, 9.17) is 0 Å². The van der Waals surface area contributed by atoms with Gasteiger partial charge in [-0.1, -0.05) is 4.49 Å². The summed E-state index contributed by atoms with van der Waals surface area (Å²) in [7, 11) is 3.34. The lowest BCUT2D eigenvalue weighted by Gasteiger charge is -2.08. The first-order valence-corrected chi connectivity index (χ1v) is 5.70. The highest BCUT2D eigenvalue weighted by Gasteiger charge is 2.19. The van der Waals surface area contributed by atoms with Crippen LogP contribution < -0.4 is 0 Å². The second kappa shape index (κ2) is 4.50. The fourth-order valence-corrected chi connectivity index (χ4v) is 2.00. The van der Waals surface area contributed by atoms with Crippen LogP contribution in [0, 0.1) is 0 Å². The van der Waals surface area contributed by atoms with Crippen molar-refractivity contribution in [1.82, 2.24) is 14.5 Å². The average molecular weight is 249 g/mol. The molecule has 2 aromatic rings. The van der Waals surface area contributed by atoms with Crippen LogP contribution in [0.3, 0.4) is 0 Å². The molecule has 0 aliphatic rings. The number of benzene rings is 1. The first kappa shape index (κ1) is 11.5. The number of hydrogen-bond acceptors (Lipinski definition) is 5. The fourth-order valence-electron chi connectivity index (χ4n) is 1.34. The zero-order chi connectivity index (χ0) is 12.4. The molecule has 0 radical (unpaired) electrons. The molecule has 6 heteroatoms. The van der Waals surface area contributed by atoms with Crippen LogP contribution in [0.15, 0.2) is 24.3 Å². The van der Waals surface area contributed by atoms with E-state index < -0.39 is 0 Å². The summed E-state index contributed by atoms with van der Waals surface area (Å²) < 4.78 is 3.81. The number of hydrogen-bond donors (Lipinski definition) is 1. The van der Waals surface area contributed by atoms with E-state index in [2.05, 4.69) is 9.59 Å². The third-order valence-corrected chi connectivity index (χ3v) is 3.00. The molecule has 0 spiro atoms. The minimum absolute atomic E-state index is 0.179. The van der Waals surface area contributed by atoms with Crippen LogP contribution in [-0.2, 0) is 0 Å². The monoisotopic (exact) mass is 249 g/mol. The Labute approximate surface area is 102 Å². The minimum Gasteiger partial charge on any atom is -0.508 e. The molecule has 0 saturated heterocycles. The Morgan fingerprint density at radius 1 is 1.29 bits per heavy atom. The van der Waals surface area contributed by atoms with Gasteiger partial charge in [0.15, 0.2) is 5.69 Å². The van der Waals surface area contributed by atoms with Crippen molar-refractivity contribution < 1.29 is 9.90 Å². The maximum Gasteiger partial charge on any atom is 0.275 e. The summed E-state index contributed by atoms with van der Waals surface area (Å²) >= 11 is 1.16. The molecule has 0 saturated carbocycles. The zero-order valence-corrected chi connectivity index (χ0v) is 10.2. The van der Waals surface area contributed by atoms with Crippen molar-refractivity contribution in [1.29, 1.82) is 0 Å². The van der Waals surface area contributed by atoms with Crippen molar-refractivity contribution in [2.24, 2.45) is 0 Å². The largest absolute Gasteiger partial charge is 0.508 e. The lowest BCUT2D eigenvalue weighted by Crippen LogP contribution is -2.22. The molecule has 17 heavy (non-hydrogen) atoms. The van der Waals surface area contributed by atoms with Crippen molar-refractivity contribution in [3.05, 3.63) is 30.0 Å². The van der Waals surface area contributed by atoms with Crippen molar-refractivity contribution in [2.45, 2.75) is 0 Å². The van der Waals surface area contributed by atoms with E-state index in [1.54, 1.807) is 38.4 Å². The summed E-state index contributed by atoms with van der Waals surface area (Å²) in [6, 6.07) is 6.60. The molecule has 0 atom stereocenters. The molecule has 1 aromatic heterocycles.